The van der Waals surface area contributed by atoms with Gasteiger partial charge in [-0.3, -0.25) is 19.8 Å². The van der Waals surface area contributed by atoms with E-state index in [4.69, 9.17) is 4.74 Å². The van der Waals surface area contributed by atoms with Gasteiger partial charge in [-0.1, -0.05) is 48.5 Å². The van der Waals surface area contributed by atoms with Gasteiger partial charge < -0.3 is 4.74 Å². The summed E-state index contributed by atoms with van der Waals surface area (Å²) in [5, 5.41) is 6.20. The van der Waals surface area contributed by atoms with Gasteiger partial charge in [-0.05, 0) is 52.1 Å². The van der Waals surface area contributed by atoms with Gasteiger partial charge in [-0.2, -0.15) is 0 Å². The van der Waals surface area contributed by atoms with Gasteiger partial charge in [0, 0.05) is 6.61 Å². The molecule has 3 aromatic rings. The Labute approximate surface area is 173 Å². The molecule has 5 rings (SSSR count). The summed E-state index contributed by atoms with van der Waals surface area (Å²) in [4.78, 5) is 39.1. The molecule has 30 heavy (non-hydrogen) atoms. The summed E-state index contributed by atoms with van der Waals surface area (Å²) in [6.07, 6.45) is 3.11. The van der Waals surface area contributed by atoms with Gasteiger partial charge in [0.1, 0.15) is 5.57 Å². The minimum absolute atomic E-state index is 0.0471. The largest absolute Gasteiger partial charge is 0.376 e. The zero-order chi connectivity index (χ0) is 20.7. The number of barbiturate groups is 1. The second kappa shape index (κ2) is 7.39. The molecular formula is C24H20N2O4. The highest BCUT2D eigenvalue weighted by molar-refractivity contribution is 6.31. The number of hydrogen-bond donors (Lipinski definition) is 1. The fourth-order valence-corrected chi connectivity index (χ4v) is 4.20. The van der Waals surface area contributed by atoms with Gasteiger partial charge in [0.25, 0.3) is 11.8 Å². The Kier molecular flexibility index (Phi) is 4.56. The first-order valence-electron chi connectivity index (χ1n) is 10.0. The Morgan fingerprint density at radius 3 is 2.30 bits per heavy atom. The van der Waals surface area contributed by atoms with E-state index in [1.807, 2.05) is 48.5 Å². The first kappa shape index (κ1) is 18.5. The number of imide groups is 2. The van der Waals surface area contributed by atoms with Crippen LogP contribution in [0.4, 0.5) is 4.79 Å². The average Bonchev–Trinajstić information content (AvgIpc) is 3.26. The number of nitrogens with one attached hydrogen (secondary N) is 1. The molecule has 2 aliphatic heterocycles. The van der Waals surface area contributed by atoms with Crippen LogP contribution in [0.15, 0.2) is 60.2 Å². The number of amides is 4. The number of carbonyl (C=O) groups is 3. The molecule has 2 heterocycles. The number of fused-ring (bicyclic) bond motifs is 2. The van der Waals surface area contributed by atoms with Crippen LogP contribution in [0.25, 0.3) is 27.6 Å². The van der Waals surface area contributed by atoms with Crippen molar-refractivity contribution < 1.29 is 19.1 Å². The molecule has 4 amide bonds. The summed E-state index contributed by atoms with van der Waals surface area (Å²) in [5.41, 5.74) is 0.739. The van der Waals surface area contributed by atoms with E-state index in [9.17, 15) is 14.4 Å². The molecule has 2 aliphatic rings. The van der Waals surface area contributed by atoms with E-state index in [2.05, 4.69) is 11.4 Å². The lowest BCUT2D eigenvalue weighted by molar-refractivity contribution is -0.131. The number of hydrogen-bond acceptors (Lipinski definition) is 4. The van der Waals surface area contributed by atoms with Crippen LogP contribution in [0.3, 0.4) is 0 Å². The van der Waals surface area contributed by atoms with Crippen LogP contribution in [-0.4, -0.2) is 42.0 Å². The Bertz CT molecular complexity index is 1170. The summed E-state index contributed by atoms with van der Waals surface area (Å²) in [6, 6.07) is 17.1. The SMILES string of the molecule is O=C1NC(=O)N(C[C@@H]2CCCO2)C(=O)/C1=C\c1c2ccccc2cc2ccccc12. The highest BCUT2D eigenvalue weighted by Crippen LogP contribution is 2.31. The average molecular weight is 400 g/mol. The maximum atomic E-state index is 13.1. The minimum Gasteiger partial charge on any atom is -0.376 e. The molecule has 0 aromatic heterocycles. The molecule has 0 radical (unpaired) electrons. The number of ether oxygens (including phenoxy) is 1. The van der Waals surface area contributed by atoms with E-state index in [0.29, 0.717) is 6.61 Å². The van der Waals surface area contributed by atoms with Crippen molar-refractivity contribution in [2.75, 3.05) is 13.2 Å². The van der Waals surface area contributed by atoms with Crippen LogP contribution >= 0.6 is 0 Å². The Morgan fingerprint density at radius 1 is 1.00 bits per heavy atom. The molecule has 150 valence electrons. The molecule has 3 aromatic carbocycles. The van der Waals surface area contributed by atoms with Crippen molar-refractivity contribution in [2.45, 2.75) is 18.9 Å². The second-order valence-electron chi connectivity index (χ2n) is 7.60. The minimum atomic E-state index is -0.694. The van der Waals surface area contributed by atoms with Crippen LogP contribution in [0, 0.1) is 0 Å². The molecule has 0 unspecified atom stereocenters. The van der Waals surface area contributed by atoms with E-state index in [-0.39, 0.29) is 18.2 Å². The fraction of sp³-hybridized carbons (Fsp3) is 0.208. The summed E-state index contributed by atoms with van der Waals surface area (Å²) >= 11 is 0. The monoisotopic (exact) mass is 400 g/mol. The van der Waals surface area contributed by atoms with Gasteiger partial charge in [0.15, 0.2) is 0 Å². The third-order valence-electron chi connectivity index (χ3n) is 5.70. The zero-order valence-electron chi connectivity index (χ0n) is 16.3. The van der Waals surface area contributed by atoms with E-state index in [0.717, 1.165) is 44.8 Å². The van der Waals surface area contributed by atoms with Gasteiger partial charge in [-0.15, -0.1) is 0 Å². The number of urea groups is 1. The summed E-state index contributed by atoms with van der Waals surface area (Å²) in [5.74, 6) is -1.26. The highest BCUT2D eigenvalue weighted by atomic mass is 16.5. The smallest absolute Gasteiger partial charge is 0.331 e. The molecule has 2 fully saturated rings. The van der Waals surface area contributed by atoms with Gasteiger partial charge >= 0.3 is 6.03 Å². The van der Waals surface area contributed by atoms with Crippen molar-refractivity contribution in [1.82, 2.24) is 10.2 Å². The van der Waals surface area contributed by atoms with Crippen molar-refractivity contribution in [3.05, 3.63) is 65.7 Å². The normalized spacial score (nSPS) is 21.1. The zero-order valence-corrected chi connectivity index (χ0v) is 16.3. The molecule has 6 heteroatoms. The molecule has 0 spiro atoms. The van der Waals surface area contributed by atoms with E-state index >= 15 is 0 Å². The molecule has 0 bridgehead atoms. The maximum absolute atomic E-state index is 13.1. The summed E-state index contributed by atoms with van der Waals surface area (Å²) < 4.78 is 5.57. The van der Waals surface area contributed by atoms with Crippen LogP contribution in [-0.2, 0) is 14.3 Å². The third-order valence-corrected chi connectivity index (χ3v) is 5.70. The predicted molar refractivity (Wildman–Crippen MR) is 114 cm³/mol. The second-order valence-corrected chi connectivity index (χ2v) is 7.60. The Hall–Kier alpha value is -3.51. The van der Waals surface area contributed by atoms with Gasteiger partial charge in [-0.25, -0.2) is 4.79 Å². The third kappa shape index (κ3) is 3.15. The standard InChI is InChI=1S/C24H20N2O4/c27-22-21(23(28)26(24(29)25-22)14-17-8-5-11-30-17)13-20-18-9-3-1-6-15(18)12-16-7-2-4-10-19(16)20/h1-4,6-7,9-10,12-13,17H,5,8,11,14H2,(H,25,27,29)/b21-13-/t17-/m0/s1. The van der Waals surface area contributed by atoms with Crippen molar-refractivity contribution in [3.8, 4) is 0 Å². The number of rotatable bonds is 3. The quantitative estimate of drug-likeness (QED) is 0.414. The molecule has 1 N–H and O–H groups in total. The van der Waals surface area contributed by atoms with Crippen LogP contribution < -0.4 is 5.32 Å². The van der Waals surface area contributed by atoms with E-state index in [1.165, 1.54) is 0 Å². The highest BCUT2D eigenvalue weighted by Gasteiger charge is 2.37. The van der Waals surface area contributed by atoms with E-state index in [1.54, 1.807) is 6.08 Å². The topological polar surface area (TPSA) is 75.7 Å². The number of benzene rings is 3. The van der Waals surface area contributed by atoms with Gasteiger partial charge in [0.05, 0.1) is 12.6 Å². The Morgan fingerprint density at radius 2 is 1.67 bits per heavy atom. The van der Waals surface area contributed by atoms with Crippen molar-refractivity contribution in [1.29, 1.82) is 0 Å². The molecule has 2 saturated heterocycles. The maximum Gasteiger partial charge on any atom is 0.331 e. The van der Waals surface area contributed by atoms with Gasteiger partial charge in [0.2, 0.25) is 0 Å². The van der Waals surface area contributed by atoms with Crippen molar-refractivity contribution >= 4 is 45.5 Å². The van der Waals surface area contributed by atoms with Crippen LogP contribution in [0.5, 0.6) is 0 Å². The lowest BCUT2D eigenvalue weighted by atomic mass is 9.94. The summed E-state index contributed by atoms with van der Waals surface area (Å²) in [6.45, 7) is 0.767. The van der Waals surface area contributed by atoms with Crippen molar-refractivity contribution in [3.63, 3.8) is 0 Å². The molecule has 1 atom stereocenters. The molecular weight excluding hydrogens is 380 g/mol. The van der Waals surface area contributed by atoms with Crippen LogP contribution in [0.1, 0.15) is 18.4 Å². The fourth-order valence-electron chi connectivity index (χ4n) is 4.20. The lowest BCUT2D eigenvalue weighted by Gasteiger charge is -2.28. The predicted octanol–water partition coefficient (Wildman–Crippen LogP) is 3.63. The lowest BCUT2D eigenvalue weighted by Crippen LogP contribution is -2.55. The first-order valence-corrected chi connectivity index (χ1v) is 10.0. The molecule has 6 nitrogen and oxygen atoms in total. The first-order chi connectivity index (χ1) is 14.6. The van der Waals surface area contributed by atoms with E-state index < -0.39 is 17.8 Å². The Balaban J connectivity index is 1.63. The molecule has 0 saturated carbocycles. The number of carbonyl (C=O) groups excluding carboxylic acids is 3. The molecule has 0 aliphatic carbocycles. The van der Waals surface area contributed by atoms with Crippen LogP contribution in [0.2, 0.25) is 0 Å². The van der Waals surface area contributed by atoms with Crippen molar-refractivity contribution in [2.24, 2.45) is 0 Å². The summed E-state index contributed by atoms with van der Waals surface area (Å²) in [7, 11) is 0. The number of nitrogens with zero attached hydrogens (tertiary/aromatic N) is 1.